The van der Waals surface area contributed by atoms with Gasteiger partial charge >= 0.3 is 5.97 Å². The molecule has 0 spiro atoms. The fraction of sp³-hybridized carbons (Fsp3) is 0.833. The summed E-state index contributed by atoms with van der Waals surface area (Å²) >= 11 is 4.70. The zero-order valence-electron chi connectivity index (χ0n) is 6.51. The lowest BCUT2D eigenvalue weighted by molar-refractivity contribution is -0.151. The fourth-order valence-corrected chi connectivity index (χ4v) is 1.08. The Morgan fingerprint density at radius 2 is 2.10 bits per heavy atom. The zero-order valence-corrected chi connectivity index (χ0v) is 8.48. The summed E-state index contributed by atoms with van der Waals surface area (Å²) in [5, 5.41) is 0. The third-order valence-electron chi connectivity index (χ3n) is 0.670. The van der Waals surface area contributed by atoms with Crippen LogP contribution in [0.15, 0.2) is 0 Å². The summed E-state index contributed by atoms with van der Waals surface area (Å²) in [6, 6.07) is 0. The van der Waals surface area contributed by atoms with Crippen LogP contribution in [-0.2, 0) is 21.3 Å². The molecular formula is C6H13O2PS. The fourth-order valence-electron chi connectivity index (χ4n) is 0.451. The lowest BCUT2D eigenvalue weighted by atomic mass is 10.2. The quantitative estimate of drug-likeness (QED) is 0.472. The molecule has 0 aliphatic heterocycles. The van der Waals surface area contributed by atoms with Gasteiger partial charge in [0, 0.05) is 0 Å². The van der Waals surface area contributed by atoms with Crippen LogP contribution in [0, 0.1) is 0 Å². The maximum Gasteiger partial charge on any atom is 0.310 e. The highest BCUT2D eigenvalue weighted by Crippen LogP contribution is 2.08. The molecule has 0 aromatic carbocycles. The van der Waals surface area contributed by atoms with Crippen LogP contribution in [0.25, 0.3) is 0 Å². The second-order valence-electron chi connectivity index (χ2n) is 2.96. The number of carbonyl (C=O) groups is 1. The zero-order chi connectivity index (χ0) is 8.20. The van der Waals surface area contributed by atoms with Gasteiger partial charge in [-0.05, 0) is 20.8 Å². The van der Waals surface area contributed by atoms with Crippen molar-refractivity contribution in [1.29, 1.82) is 0 Å². The van der Waals surface area contributed by atoms with Crippen molar-refractivity contribution in [2.75, 3.05) is 6.16 Å². The first-order valence-electron chi connectivity index (χ1n) is 3.11. The Kier molecular flexibility index (Phi) is 4.14. The van der Waals surface area contributed by atoms with E-state index >= 15 is 0 Å². The molecule has 0 heterocycles. The molecule has 0 saturated carbocycles. The molecule has 4 heteroatoms. The van der Waals surface area contributed by atoms with E-state index in [-0.39, 0.29) is 18.9 Å². The van der Waals surface area contributed by atoms with Gasteiger partial charge in [0.05, 0.1) is 6.16 Å². The van der Waals surface area contributed by atoms with Crippen LogP contribution in [0.3, 0.4) is 0 Å². The molecule has 1 atom stereocenters. The summed E-state index contributed by atoms with van der Waals surface area (Å²) in [6.07, 6.45) is 0.423. The van der Waals surface area contributed by atoms with Crippen LogP contribution in [-0.4, -0.2) is 17.7 Å². The summed E-state index contributed by atoms with van der Waals surface area (Å²) in [5.41, 5.74) is -0.360. The molecule has 0 saturated heterocycles. The third-order valence-corrected chi connectivity index (χ3v) is 1.67. The van der Waals surface area contributed by atoms with Crippen molar-refractivity contribution in [3.8, 4) is 0 Å². The van der Waals surface area contributed by atoms with E-state index in [9.17, 15) is 4.79 Å². The van der Waals surface area contributed by atoms with Crippen LogP contribution >= 0.6 is 7.36 Å². The van der Waals surface area contributed by atoms with Gasteiger partial charge in [-0.15, -0.1) is 11.8 Å². The molecule has 0 amide bonds. The lowest BCUT2D eigenvalue weighted by Crippen LogP contribution is -2.24. The minimum atomic E-state index is -0.360. The first kappa shape index (κ1) is 10.1. The smallest absolute Gasteiger partial charge is 0.310 e. The highest BCUT2D eigenvalue weighted by Gasteiger charge is 2.14. The minimum absolute atomic E-state index is 0.169. The molecule has 0 aliphatic carbocycles. The average molecular weight is 180 g/mol. The highest BCUT2D eigenvalue weighted by molar-refractivity contribution is 7.96. The van der Waals surface area contributed by atoms with Crippen LogP contribution in [0.1, 0.15) is 20.8 Å². The lowest BCUT2D eigenvalue weighted by Gasteiger charge is -2.18. The van der Waals surface area contributed by atoms with Crippen LogP contribution < -0.4 is 0 Å². The number of ether oxygens (including phenoxy) is 1. The predicted octanol–water partition coefficient (Wildman–Crippen LogP) is 1.20. The van der Waals surface area contributed by atoms with Crippen molar-refractivity contribution >= 4 is 25.1 Å². The standard InChI is InChI=1S/C6H13O2PS/c1-6(2,3)8-5(7)4-9-10/h4,9H2,1-3H3. The molecule has 0 radical (unpaired) electrons. The largest absolute Gasteiger partial charge is 0.460 e. The van der Waals surface area contributed by atoms with E-state index < -0.39 is 0 Å². The SMILES string of the molecule is CC(C)(C)OC(=O)C[PH2]=S. The Morgan fingerprint density at radius 3 is 2.40 bits per heavy atom. The van der Waals surface area contributed by atoms with Crippen LogP contribution in [0.5, 0.6) is 0 Å². The third kappa shape index (κ3) is 6.24. The van der Waals surface area contributed by atoms with Gasteiger partial charge < -0.3 is 4.74 Å². The van der Waals surface area contributed by atoms with Crippen molar-refractivity contribution in [1.82, 2.24) is 0 Å². The summed E-state index contributed by atoms with van der Waals surface area (Å²) in [6.45, 7) is 5.55. The number of hydrogen-bond acceptors (Lipinski definition) is 3. The van der Waals surface area contributed by atoms with E-state index in [1.165, 1.54) is 0 Å². The van der Waals surface area contributed by atoms with Gasteiger partial charge in [-0.25, -0.2) is 0 Å². The Labute approximate surface area is 67.8 Å². The monoisotopic (exact) mass is 180 g/mol. The number of carbonyl (C=O) groups excluding carboxylic acids is 1. The molecule has 0 rings (SSSR count). The maximum atomic E-state index is 10.8. The van der Waals surface area contributed by atoms with Gasteiger partial charge in [-0.1, -0.05) is 7.36 Å². The van der Waals surface area contributed by atoms with Gasteiger partial charge in [-0.2, -0.15) is 0 Å². The van der Waals surface area contributed by atoms with Gasteiger partial charge in [0.1, 0.15) is 5.60 Å². The molecule has 1 unspecified atom stereocenters. The summed E-state index contributed by atoms with van der Waals surface area (Å²) in [5.74, 6) is -0.169. The second kappa shape index (κ2) is 4.09. The highest BCUT2D eigenvalue weighted by atomic mass is 32.4. The maximum absolute atomic E-state index is 10.8. The van der Waals surface area contributed by atoms with E-state index in [0.717, 1.165) is 0 Å². The molecule has 0 aromatic heterocycles. The van der Waals surface area contributed by atoms with Crippen molar-refractivity contribution in [3.63, 3.8) is 0 Å². The number of rotatable bonds is 2. The Morgan fingerprint density at radius 1 is 1.60 bits per heavy atom. The molecule has 0 aliphatic rings. The van der Waals surface area contributed by atoms with Crippen molar-refractivity contribution in [3.05, 3.63) is 0 Å². The predicted molar refractivity (Wildman–Crippen MR) is 47.8 cm³/mol. The minimum Gasteiger partial charge on any atom is -0.460 e. The molecule has 0 N–H and O–H groups in total. The van der Waals surface area contributed by atoms with Gasteiger partial charge in [-0.3, -0.25) is 4.79 Å². The summed E-state index contributed by atoms with van der Waals surface area (Å²) in [4.78, 5) is 10.8. The number of hydrogen-bond donors (Lipinski definition) is 0. The van der Waals surface area contributed by atoms with E-state index in [2.05, 4.69) is 0 Å². The molecule has 2 nitrogen and oxygen atoms in total. The summed E-state index contributed by atoms with van der Waals surface area (Å²) < 4.78 is 4.99. The molecule has 0 aromatic rings. The Hall–Kier alpha value is 0.120. The Balaban J connectivity index is 3.68. The van der Waals surface area contributed by atoms with E-state index in [1.807, 2.05) is 20.8 Å². The topological polar surface area (TPSA) is 26.3 Å². The van der Waals surface area contributed by atoms with Crippen LogP contribution in [0.4, 0.5) is 0 Å². The van der Waals surface area contributed by atoms with E-state index in [0.29, 0.717) is 6.16 Å². The Bertz CT molecular complexity index is 139. The second-order valence-corrected chi connectivity index (χ2v) is 4.70. The molecule has 0 bridgehead atoms. The number of esters is 1. The normalized spacial score (nSPS) is 12.3. The first-order valence-corrected chi connectivity index (χ1v) is 5.81. The van der Waals surface area contributed by atoms with Crippen molar-refractivity contribution in [2.24, 2.45) is 0 Å². The van der Waals surface area contributed by atoms with E-state index in [4.69, 9.17) is 16.5 Å². The van der Waals surface area contributed by atoms with Gasteiger partial charge in [0.25, 0.3) is 0 Å². The van der Waals surface area contributed by atoms with Gasteiger partial charge in [0.2, 0.25) is 0 Å². The van der Waals surface area contributed by atoms with E-state index in [1.54, 1.807) is 0 Å². The average Bonchev–Trinajstić information content (AvgIpc) is 1.59. The van der Waals surface area contributed by atoms with Crippen molar-refractivity contribution < 1.29 is 9.53 Å². The van der Waals surface area contributed by atoms with Crippen molar-refractivity contribution in [2.45, 2.75) is 26.4 Å². The first-order chi connectivity index (χ1) is 4.45. The van der Waals surface area contributed by atoms with Crippen LogP contribution in [0.2, 0.25) is 0 Å². The molecule has 10 heavy (non-hydrogen) atoms. The summed E-state index contributed by atoms with van der Waals surface area (Å²) in [7, 11) is -0.180. The molecule has 60 valence electrons. The molecular weight excluding hydrogens is 167 g/mol. The van der Waals surface area contributed by atoms with Gasteiger partial charge in [0.15, 0.2) is 0 Å². The molecule has 0 fully saturated rings.